The van der Waals surface area contributed by atoms with Crippen LogP contribution < -0.4 is 177 Å². The molecule has 16 heteroatoms. The maximum atomic E-state index is 9.63. The quantitative estimate of drug-likeness (QED) is 0.289. The van der Waals surface area contributed by atoms with Crippen LogP contribution in [-0.4, -0.2) is 19.6 Å². The number of rotatable bonds is 2. The van der Waals surface area contributed by atoms with E-state index < -0.39 is 15.6 Å². The van der Waals surface area contributed by atoms with Gasteiger partial charge in [0.05, 0.1) is 0 Å². The monoisotopic (exact) mass is 332 g/mol. The zero-order valence-corrected chi connectivity index (χ0v) is 24.1. The van der Waals surface area contributed by atoms with Gasteiger partial charge in [-0.2, -0.15) is 4.31 Å². The number of hydrogen-bond acceptors (Lipinski definition) is 3. The van der Waals surface area contributed by atoms with E-state index >= 15 is 0 Å². The van der Waals surface area contributed by atoms with Crippen LogP contribution in [0, 0.1) is 0 Å². The van der Waals surface area contributed by atoms with Gasteiger partial charge in [-0.1, -0.05) is 0 Å². The van der Waals surface area contributed by atoms with Gasteiger partial charge in [-0.25, -0.2) is 9.13 Å². The van der Waals surface area contributed by atoms with E-state index in [1.165, 1.54) is 0 Å². The van der Waals surface area contributed by atoms with Gasteiger partial charge in [0.1, 0.15) is 0 Å². The van der Waals surface area contributed by atoms with Crippen LogP contribution in [0.2, 0.25) is 0 Å². The Morgan fingerprint density at radius 3 is 0.750 bits per heavy atom. The zero-order chi connectivity index (χ0) is 7.71. The number of phosphoric acid groups is 2. The molecule has 0 aliphatic rings. The Bertz CT molecular complexity index is 163. The Morgan fingerprint density at radius 2 is 0.750 bits per heavy atom. The molecule has 0 saturated carbocycles. The van der Waals surface area contributed by atoms with Crippen LogP contribution in [0.15, 0.2) is 0 Å². The predicted molar refractivity (Wildman–Crippen MR) is 25.9 cm³/mol. The third kappa shape index (κ3) is 50.0. The minimum absolute atomic E-state index is 0. The molecule has 0 radical (unpaired) electrons. The summed E-state index contributed by atoms with van der Waals surface area (Å²) in [6, 6.07) is 0. The van der Waals surface area contributed by atoms with Crippen LogP contribution >= 0.6 is 15.6 Å². The van der Waals surface area contributed by atoms with Gasteiger partial charge in [-0.15, -0.1) is 0 Å². The summed E-state index contributed by atoms with van der Waals surface area (Å²) in [4.78, 5) is 31.0. The molecule has 64 valence electrons. The minimum atomic E-state index is -5.05. The van der Waals surface area contributed by atoms with Crippen LogP contribution in [0.3, 0.4) is 0 Å². The Morgan fingerprint density at radius 1 is 0.625 bits per heavy atom. The Hall–Kier alpha value is 6.22. The van der Waals surface area contributed by atoms with Crippen molar-refractivity contribution in [3.05, 3.63) is 0 Å². The third-order valence-corrected chi connectivity index (χ3v) is 1.91. The molecule has 0 fully saturated rings. The molecule has 0 bridgehead atoms. The fraction of sp³-hybridized carbons (Fsp3) is 0. The van der Waals surface area contributed by atoms with Gasteiger partial charge in [-0.3, -0.25) is 0 Å². The molecule has 0 rings (SSSR count). The zero-order valence-electron chi connectivity index (χ0n) is 10.3. The van der Waals surface area contributed by atoms with Crippen LogP contribution in [0.25, 0.3) is 0 Å². The fourth-order valence-electron chi connectivity index (χ4n) is 0.139. The predicted octanol–water partition coefficient (Wildman–Crippen LogP) is -18.9. The molecule has 16 heavy (non-hydrogen) atoms. The summed E-state index contributed by atoms with van der Waals surface area (Å²) in [5.74, 6) is 0. The molecule has 0 aromatic heterocycles. The first-order chi connectivity index (χ1) is 3.71. The smallest absolute Gasteiger partial charge is 1.00 e. The van der Waals surface area contributed by atoms with Gasteiger partial charge < -0.3 is 25.0 Å². The molecular formula is H4Na6O8P2+4. The van der Waals surface area contributed by atoms with Gasteiger partial charge in [-0.05, 0) is 0 Å². The molecule has 0 unspecified atom stereocenters. The molecule has 0 aromatic carbocycles. The van der Waals surface area contributed by atoms with E-state index in [2.05, 4.69) is 4.31 Å². The van der Waals surface area contributed by atoms with Gasteiger partial charge in [0.25, 0.3) is 0 Å². The van der Waals surface area contributed by atoms with Crippen molar-refractivity contribution in [3.8, 4) is 0 Å². The molecule has 0 spiro atoms. The molecule has 0 saturated heterocycles. The summed E-state index contributed by atoms with van der Waals surface area (Å²) in [6.45, 7) is 0. The van der Waals surface area contributed by atoms with Crippen LogP contribution in [-0.2, 0) is 18.9 Å². The van der Waals surface area contributed by atoms with Crippen molar-refractivity contribution in [1.82, 2.24) is 0 Å². The summed E-state index contributed by atoms with van der Waals surface area (Å²) >= 11 is 0. The summed E-state index contributed by atoms with van der Waals surface area (Å²) in [6.07, 6.45) is 0. The molecule has 0 aromatic rings. The first-order valence-corrected chi connectivity index (χ1v) is 4.59. The molecule has 8 nitrogen and oxygen atoms in total. The molecule has 0 atom stereocenters. The Labute approximate surface area is 226 Å². The molecular weight excluding hydrogens is 328 g/mol. The molecule has 0 heterocycles. The molecule has 0 aliphatic carbocycles. The molecule has 4 N–H and O–H groups in total. The average molecular weight is 332 g/mol. The second-order valence-electron chi connectivity index (χ2n) is 1.06. The molecule has 0 aliphatic heterocycles. The van der Waals surface area contributed by atoms with E-state index in [9.17, 15) is 9.13 Å². The summed E-state index contributed by atoms with van der Waals surface area (Å²) in [5, 5.41) is 0. The van der Waals surface area contributed by atoms with Crippen molar-refractivity contribution in [2.24, 2.45) is 0 Å². The first kappa shape index (κ1) is 49.5. The van der Waals surface area contributed by atoms with E-state index in [4.69, 9.17) is 19.6 Å². The fourth-order valence-corrected chi connectivity index (χ4v) is 1.25. The maximum absolute atomic E-state index is 9.63. The summed E-state index contributed by atoms with van der Waals surface area (Å²) in [7, 11) is -10.1. The van der Waals surface area contributed by atoms with E-state index in [0.717, 1.165) is 0 Å². The summed E-state index contributed by atoms with van der Waals surface area (Å²) in [5.41, 5.74) is 0. The second kappa shape index (κ2) is 23.5. The van der Waals surface area contributed by atoms with Crippen molar-refractivity contribution in [2.75, 3.05) is 0 Å². The Balaban J connectivity index is -0.0000000152. The normalized spacial score (nSPS) is 7.75. The van der Waals surface area contributed by atoms with Crippen molar-refractivity contribution in [3.63, 3.8) is 0 Å². The SMILES string of the molecule is O=P(O)(O)OP(=O)(O)O.[Na+].[Na+].[Na+].[Na+].[Na+].[Na+].[O-2]. The standard InChI is InChI=1S/6Na.H4O7P2.O/c;;;;;;1-8(2,3)7-9(4,5)6;/h;;;;;;(H2,1,2,3)(H2,4,5,6);/q6*+1;;-2. The van der Waals surface area contributed by atoms with Gasteiger partial charge in [0.15, 0.2) is 0 Å². The largest absolute Gasteiger partial charge is 2.00 e. The topological polar surface area (TPSA) is 153 Å². The Kier molecular flexibility index (Phi) is 72.6. The van der Waals surface area contributed by atoms with Crippen molar-refractivity contribution in [2.45, 2.75) is 0 Å². The van der Waals surface area contributed by atoms with Crippen LogP contribution in [0.5, 0.6) is 0 Å². The third-order valence-electron chi connectivity index (χ3n) is 0.213. The van der Waals surface area contributed by atoms with Crippen molar-refractivity contribution in [1.29, 1.82) is 0 Å². The van der Waals surface area contributed by atoms with Gasteiger partial charge in [0, 0.05) is 0 Å². The van der Waals surface area contributed by atoms with Gasteiger partial charge >= 0.3 is 193 Å². The number of hydrogen-bond donors (Lipinski definition) is 4. The van der Waals surface area contributed by atoms with E-state index in [1.54, 1.807) is 0 Å². The van der Waals surface area contributed by atoms with E-state index in [0.29, 0.717) is 0 Å². The maximum Gasteiger partial charge on any atom is 1.00 e. The van der Waals surface area contributed by atoms with Gasteiger partial charge in [0.2, 0.25) is 0 Å². The molecule has 0 amide bonds. The average Bonchev–Trinajstić information content (AvgIpc) is 1.14. The van der Waals surface area contributed by atoms with Crippen molar-refractivity contribution >= 4 is 15.6 Å². The first-order valence-electron chi connectivity index (χ1n) is 1.53. The summed E-state index contributed by atoms with van der Waals surface area (Å²) < 4.78 is 22.2. The van der Waals surface area contributed by atoms with Crippen molar-refractivity contribution < 1.29 is 216 Å². The van der Waals surface area contributed by atoms with Crippen LogP contribution in [0.1, 0.15) is 0 Å². The minimum Gasteiger partial charge on any atom is -2.00 e. The van der Waals surface area contributed by atoms with Crippen LogP contribution in [0.4, 0.5) is 0 Å². The van der Waals surface area contributed by atoms with E-state index in [1.807, 2.05) is 0 Å². The van der Waals surface area contributed by atoms with E-state index in [-0.39, 0.29) is 183 Å². The second-order valence-corrected chi connectivity index (χ2v) is 3.68.